The Bertz CT molecular complexity index is 1590. The number of imidazole rings is 2. The van der Waals surface area contributed by atoms with Gasteiger partial charge in [-0.2, -0.15) is 0 Å². The molecule has 2 aromatic carbocycles. The molecule has 0 aliphatic carbocycles. The van der Waals surface area contributed by atoms with Gasteiger partial charge in [-0.3, -0.25) is 4.40 Å². The zero-order valence-corrected chi connectivity index (χ0v) is 17.5. The van der Waals surface area contributed by atoms with Crippen LogP contribution in [0.5, 0.6) is 0 Å². The normalized spacial score (nSPS) is 16.9. The molecule has 0 bridgehead atoms. The molecule has 1 spiro atoms. The van der Waals surface area contributed by atoms with Crippen molar-refractivity contribution >= 4 is 22.5 Å². The number of hydrogen-bond donors (Lipinski definition) is 2. The van der Waals surface area contributed by atoms with Crippen LogP contribution < -0.4 is 10.6 Å². The third-order valence-corrected chi connectivity index (χ3v) is 6.60. The van der Waals surface area contributed by atoms with Crippen LogP contribution in [0.3, 0.4) is 0 Å². The van der Waals surface area contributed by atoms with Crippen molar-refractivity contribution in [2.75, 3.05) is 31.2 Å². The van der Waals surface area contributed by atoms with Gasteiger partial charge in [0.15, 0.2) is 11.5 Å². The predicted octanol–water partition coefficient (Wildman–Crippen LogP) is 3.21. The van der Waals surface area contributed by atoms with Crippen LogP contribution in [0.2, 0.25) is 0 Å². The van der Waals surface area contributed by atoms with Gasteiger partial charge >= 0.3 is 5.69 Å². The van der Waals surface area contributed by atoms with Crippen LogP contribution in [0.15, 0.2) is 59.7 Å². The van der Waals surface area contributed by atoms with E-state index < -0.39 is 0 Å². The molecule has 0 radical (unpaired) electrons. The second kappa shape index (κ2) is 6.52. The Labute approximate surface area is 186 Å². The zero-order chi connectivity index (χ0) is 22.2. The highest BCUT2D eigenvalue weighted by atomic mass is 19.1. The summed E-state index contributed by atoms with van der Waals surface area (Å²) in [5.41, 5.74) is 5.44. The predicted molar refractivity (Wildman–Crippen MR) is 122 cm³/mol. The Balaban J connectivity index is 1.45. The van der Waals surface area contributed by atoms with E-state index in [0.717, 1.165) is 65.8 Å². The fourth-order valence-electron chi connectivity index (χ4n) is 4.94. The summed E-state index contributed by atoms with van der Waals surface area (Å²) in [7, 11) is 0. The molecule has 0 unspecified atom stereocenters. The highest BCUT2D eigenvalue weighted by Crippen LogP contribution is 2.42. The van der Waals surface area contributed by atoms with E-state index in [1.54, 1.807) is 18.3 Å². The molecule has 2 aliphatic rings. The van der Waals surface area contributed by atoms with Crippen LogP contribution in [0.4, 0.5) is 10.2 Å². The minimum atomic E-state index is -0.300. The SMILES string of the molecule is O=c1[nH]c2ccc(-c3c(-c4ccc(F)cc4)nc4c(N5CC6(COC6)C5)nccn34)cc2[nH]1. The number of ether oxygens (including phenoxy) is 1. The van der Waals surface area contributed by atoms with Gasteiger partial charge in [-0.15, -0.1) is 0 Å². The first kappa shape index (κ1) is 18.6. The van der Waals surface area contributed by atoms with E-state index in [0.29, 0.717) is 5.52 Å². The van der Waals surface area contributed by atoms with Crippen LogP contribution in [0.25, 0.3) is 39.2 Å². The third-order valence-electron chi connectivity index (χ3n) is 6.60. The average molecular weight is 442 g/mol. The number of hydrogen-bond acceptors (Lipinski definition) is 5. The molecule has 7 rings (SSSR count). The maximum atomic E-state index is 13.7. The largest absolute Gasteiger partial charge is 0.380 e. The van der Waals surface area contributed by atoms with Crippen molar-refractivity contribution in [1.82, 2.24) is 24.3 Å². The van der Waals surface area contributed by atoms with Crippen molar-refractivity contribution < 1.29 is 9.13 Å². The van der Waals surface area contributed by atoms with E-state index in [2.05, 4.69) is 19.9 Å². The molecule has 9 heteroatoms. The summed E-state index contributed by atoms with van der Waals surface area (Å²) in [6.07, 6.45) is 3.67. The molecule has 33 heavy (non-hydrogen) atoms. The number of anilines is 1. The van der Waals surface area contributed by atoms with Gasteiger partial charge in [0.1, 0.15) is 5.82 Å². The lowest BCUT2D eigenvalue weighted by Gasteiger charge is -2.55. The number of nitrogens with zero attached hydrogens (tertiary/aromatic N) is 4. The third kappa shape index (κ3) is 2.75. The number of nitrogens with one attached hydrogen (secondary N) is 2. The lowest BCUT2D eigenvalue weighted by molar-refractivity contribution is -0.127. The van der Waals surface area contributed by atoms with Crippen molar-refractivity contribution in [1.29, 1.82) is 0 Å². The first-order chi connectivity index (χ1) is 16.1. The van der Waals surface area contributed by atoms with Crippen molar-refractivity contribution in [3.8, 4) is 22.5 Å². The average Bonchev–Trinajstić information content (AvgIpc) is 3.31. The van der Waals surface area contributed by atoms with Gasteiger partial charge in [0.2, 0.25) is 0 Å². The monoisotopic (exact) mass is 442 g/mol. The molecule has 2 N–H and O–H groups in total. The molecular weight excluding hydrogens is 423 g/mol. The summed E-state index contributed by atoms with van der Waals surface area (Å²) in [5, 5.41) is 0. The topological polar surface area (TPSA) is 91.3 Å². The molecule has 2 saturated heterocycles. The number of halogens is 1. The van der Waals surface area contributed by atoms with Crippen LogP contribution >= 0.6 is 0 Å². The Kier molecular flexibility index (Phi) is 3.67. The number of rotatable bonds is 3. The summed E-state index contributed by atoms with van der Waals surface area (Å²) < 4.78 is 21.1. The van der Waals surface area contributed by atoms with E-state index in [1.165, 1.54) is 12.1 Å². The first-order valence-corrected chi connectivity index (χ1v) is 10.8. The van der Waals surface area contributed by atoms with Crippen LogP contribution in [0.1, 0.15) is 0 Å². The Morgan fingerprint density at radius 1 is 1.00 bits per heavy atom. The van der Waals surface area contributed by atoms with Gasteiger partial charge in [-0.1, -0.05) is 6.07 Å². The van der Waals surface area contributed by atoms with Crippen LogP contribution in [-0.2, 0) is 4.74 Å². The first-order valence-electron chi connectivity index (χ1n) is 10.8. The van der Waals surface area contributed by atoms with Crippen molar-refractivity contribution in [2.45, 2.75) is 0 Å². The highest BCUT2D eigenvalue weighted by molar-refractivity contribution is 5.89. The summed E-state index contributed by atoms with van der Waals surface area (Å²) in [6, 6.07) is 12.1. The van der Waals surface area contributed by atoms with Gasteiger partial charge in [-0.25, -0.2) is 19.2 Å². The van der Waals surface area contributed by atoms with Crippen LogP contribution in [-0.4, -0.2) is 50.6 Å². The molecule has 0 atom stereocenters. The fraction of sp³-hybridized carbons (Fsp3) is 0.208. The quantitative estimate of drug-likeness (QED) is 0.448. The van der Waals surface area contributed by atoms with Crippen molar-refractivity contribution in [3.05, 3.63) is 71.2 Å². The van der Waals surface area contributed by atoms with Gasteiger partial charge in [0.05, 0.1) is 41.1 Å². The Morgan fingerprint density at radius 2 is 1.76 bits per heavy atom. The van der Waals surface area contributed by atoms with Gasteiger partial charge < -0.3 is 19.6 Å². The highest BCUT2D eigenvalue weighted by Gasteiger charge is 2.50. The van der Waals surface area contributed by atoms with Crippen molar-refractivity contribution in [2.24, 2.45) is 5.41 Å². The Hall–Kier alpha value is -3.98. The summed E-state index contributed by atoms with van der Waals surface area (Å²) in [6.45, 7) is 3.37. The van der Waals surface area contributed by atoms with E-state index in [-0.39, 0.29) is 16.9 Å². The molecule has 3 aromatic heterocycles. The standard InChI is InChI=1S/C24H19FN6O2/c25-16-4-1-14(2-5-16)19-20(15-3-6-17-18(9-15)28-23(32)27-17)31-8-7-26-21(22(31)29-19)30-10-24(11-30)12-33-13-24/h1-9H,10-13H2,(H2,27,28,32). The molecular formula is C24H19FN6O2. The second-order valence-electron chi connectivity index (χ2n) is 8.95. The maximum absolute atomic E-state index is 13.7. The molecule has 0 saturated carbocycles. The molecule has 8 nitrogen and oxygen atoms in total. The van der Waals surface area contributed by atoms with E-state index in [1.807, 2.05) is 28.8 Å². The molecule has 5 aromatic rings. The minimum Gasteiger partial charge on any atom is -0.380 e. The smallest absolute Gasteiger partial charge is 0.323 e. The van der Waals surface area contributed by atoms with Gasteiger partial charge in [-0.05, 0) is 36.4 Å². The zero-order valence-electron chi connectivity index (χ0n) is 17.5. The minimum absolute atomic E-state index is 0.245. The lowest BCUT2D eigenvalue weighted by atomic mass is 9.78. The molecule has 5 heterocycles. The number of benzene rings is 2. The number of aromatic nitrogens is 5. The number of fused-ring (bicyclic) bond motifs is 2. The Morgan fingerprint density at radius 3 is 2.52 bits per heavy atom. The molecule has 2 aliphatic heterocycles. The molecule has 0 amide bonds. The summed E-state index contributed by atoms with van der Waals surface area (Å²) in [4.78, 5) is 29.3. The van der Waals surface area contributed by atoms with Crippen molar-refractivity contribution in [3.63, 3.8) is 0 Å². The van der Waals surface area contributed by atoms with Gasteiger partial charge in [0, 0.05) is 36.6 Å². The van der Waals surface area contributed by atoms with E-state index >= 15 is 0 Å². The fourth-order valence-corrected chi connectivity index (χ4v) is 4.94. The van der Waals surface area contributed by atoms with Gasteiger partial charge in [0.25, 0.3) is 0 Å². The molecule has 2 fully saturated rings. The van der Waals surface area contributed by atoms with E-state index in [4.69, 9.17) is 9.72 Å². The summed E-state index contributed by atoms with van der Waals surface area (Å²) in [5.74, 6) is 0.520. The number of H-pyrrole nitrogens is 2. The number of aromatic amines is 2. The second-order valence-corrected chi connectivity index (χ2v) is 8.95. The molecule has 164 valence electrons. The lowest BCUT2D eigenvalue weighted by Crippen LogP contribution is -2.66. The maximum Gasteiger partial charge on any atom is 0.323 e. The van der Waals surface area contributed by atoms with E-state index in [9.17, 15) is 9.18 Å². The van der Waals surface area contributed by atoms with Crippen LogP contribution in [0, 0.1) is 11.2 Å². The summed E-state index contributed by atoms with van der Waals surface area (Å²) >= 11 is 0.